The van der Waals surface area contributed by atoms with Crippen LogP contribution in [0, 0.1) is 0 Å². The monoisotopic (exact) mass is 160 g/mol. The van der Waals surface area contributed by atoms with Gasteiger partial charge < -0.3 is 20.9 Å². The van der Waals surface area contributed by atoms with Gasteiger partial charge in [0.1, 0.15) is 6.10 Å². The summed E-state index contributed by atoms with van der Waals surface area (Å²) in [5.74, 6) is 0. The standard InChI is InChI=1S/C6H12N2O3/c7-2-1-5-4(3-9)8-6(10)11-5/h4-5,9H,1-3,7H2,(H,8,10). The fraction of sp³-hybridized carbons (Fsp3) is 0.833. The van der Waals surface area contributed by atoms with Gasteiger partial charge in [0, 0.05) is 0 Å². The second-order valence-corrected chi connectivity index (χ2v) is 2.45. The number of alkyl carbamates (subject to hydrolysis) is 1. The van der Waals surface area contributed by atoms with Crippen molar-refractivity contribution in [3.05, 3.63) is 0 Å². The molecule has 1 heterocycles. The summed E-state index contributed by atoms with van der Waals surface area (Å²) in [7, 11) is 0. The molecule has 1 amide bonds. The molecule has 0 saturated carbocycles. The van der Waals surface area contributed by atoms with E-state index in [-0.39, 0.29) is 18.8 Å². The highest BCUT2D eigenvalue weighted by molar-refractivity contribution is 5.70. The fourth-order valence-corrected chi connectivity index (χ4v) is 1.09. The lowest BCUT2D eigenvalue weighted by atomic mass is 10.1. The number of aliphatic hydroxyl groups is 1. The topological polar surface area (TPSA) is 84.6 Å². The first-order chi connectivity index (χ1) is 5.27. The number of ether oxygens (including phenoxy) is 1. The summed E-state index contributed by atoms with van der Waals surface area (Å²) < 4.78 is 4.82. The van der Waals surface area contributed by atoms with E-state index in [2.05, 4.69) is 5.32 Å². The Kier molecular flexibility index (Phi) is 2.67. The second kappa shape index (κ2) is 3.54. The molecule has 4 N–H and O–H groups in total. The number of cyclic esters (lactones) is 1. The lowest BCUT2D eigenvalue weighted by molar-refractivity contribution is 0.114. The molecule has 0 aromatic carbocycles. The van der Waals surface area contributed by atoms with Gasteiger partial charge in [-0.15, -0.1) is 0 Å². The predicted molar refractivity (Wildman–Crippen MR) is 37.9 cm³/mol. The van der Waals surface area contributed by atoms with Gasteiger partial charge in [-0.1, -0.05) is 0 Å². The van der Waals surface area contributed by atoms with Crippen LogP contribution in [-0.4, -0.2) is 36.5 Å². The summed E-state index contributed by atoms with van der Waals surface area (Å²) in [5, 5.41) is 11.2. The van der Waals surface area contributed by atoms with Gasteiger partial charge >= 0.3 is 6.09 Å². The summed E-state index contributed by atoms with van der Waals surface area (Å²) in [6.07, 6.45) is -0.149. The molecule has 11 heavy (non-hydrogen) atoms. The molecule has 5 nitrogen and oxygen atoms in total. The van der Waals surface area contributed by atoms with E-state index in [1.54, 1.807) is 0 Å². The third kappa shape index (κ3) is 1.81. The highest BCUT2D eigenvalue weighted by Gasteiger charge is 2.32. The smallest absolute Gasteiger partial charge is 0.407 e. The maximum absolute atomic E-state index is 10.6. The molecule has 2 atom stereocenters. The average molecular weight is 160 g/mol. The number of rotatable bonds is 3. The first kappa shape index (κ1) is 8.29. The summed E-state index contributed by atoms with van der Waals surface area (Å²) in [6.45, 7) is 0.354. The van der Waals surface area contributed by atoms with Crippen LogP contribution in [0.1, 0.15) is 6.42 Å². The maximum Gasteiger partial charge on any atom is 0.407 e. The minimum absolute atomic E-state index is 0.101. The molecule has 0 bridgehead atoms. The summed E-state index contributed by atoms with van der Waals surface area (Å²) in [5.41, 5.74) is 5.27. The number of amides is 1. The number of aliphatic hydroxyl groups excluding tert-OH is 1. The van der Waals surface area contributed by atoms with Crippen molar-refractivity contribution in [3.8, 4) is 0 Å². The fourth-order valence-electron chi connectivity index (χ4n) is 1.09. The average Bonchev–Trinajstić information content (AvgIpc) is 2.32. The van der Waals surface area contributed by atoms with Gasteiger partial charge in [0.15, 0.2) is 0 Å². The van der Waals surface area contributed by atoms with Gasteiger partial charge in [0.25, 0.3) is 0 Å². The van der Waals surface area contributed by atoms with E-state index in [1.165, 1.54) is 0 Å². The van der Waals surface area contributed by atoms with E-state index in [0.29, 0.717) is 13.0 Å². The molecule has 0 aliphatic carbocycles. The van der Waals surface area contributed by atoms with Gasteiger partial charge in [-0.2, -0.15) is 0 Å². The Labute approximate surface area is 64.5 Å². The molecule has 0 aromatic rings. The molecular weight excluding hydrogens is 148 g/mol. The molecule has 1 fully saturated rings. The van der Waals surface area contributed by atoms with Gasteiger partial charge in [0.2, 0.25) is 0 Å². The highest BCUT2D eigenvalue weighted by atomic mass is 16.6. The number of hydrogen-bond acceptors (Lipinski definition) is 4. The minimum atomic E-state index is -0.470. The molecule has 1 rings (SSSR count). The van der Waals surface area contributed by atoms with Gasteiger partial charge in [-0.25, -0.2) is 4.79 Å². The van der Waals surface area contributed by atoms with Crippen molar-refractivity contribution in [2.24, 2.45) is 5.73 Å². The zero-order valence-electron chi connectivity index (χ0n) is 6.12. The van der Waals surface area contributed by atoms with Crippen LogP contribution in [-0.2, 0) is 4.74 Å². The summed E-state index contributed by atoms with van der Waals surface area (Å²) >= 11 is 0. The Morgan fingerprint density at radius 2 is 2.45 bits per heavy atom. The van der Waals surface area contributed by atoms with E-state index in [4.69, 9.17) is 15.6 Å². The normalized spacial score (nSPS) is 29.8. The van der Waals surface area contributed by atoms with Crippen LogP contribution in [0.5, 0.6) is 0 Å². The zero-order valence-corrected chi connectivity index (χ0v) is 6.12. The van der Waals surface area contributed by atoms with Crippen molar-refractivity contribution < 1.29 is 14.6 Å². The van der Waals surface area contributed by atoms with Gasteiger partial charge in [-0.3, -0.25) is 0 Å². The first-order valence-corrected chi connectivity index (χ1v) is 3.56. The largest absolute Gasteiger partial charge is 0.444 e. The van der Waals surface area contributed by atoms with Crippen LogP contribution in [0.4, 0.5) is 4.79 Å². The third-order valence-electron chi connectivity index (χ3n) is 1.66. The Morgan fingerprint density at radius 1 is 1.73 bits per heavy atom. The van der Waals surface area contributed by atoms with Crippen LogP contribution in [0.25, 0.3) is 0 Å². The molecule has 2 unspecified atom stereocenters. The van der Waals surface area contributed by atoms with Crippen molar-refractivity contribution in [2.45, 2.75) is 18.6 Å². The van der Waals surface area contributed by atoms with Crippen molar-refractivity contribution in [3.63, 3.8) is 0 Å². The van der Waals surface area contributed by atoms with Crippen molar-refractivity contribution in [2.75, 3.05) is 13.2 Å². The van der Waals surface area contributed by atoms with E-state index in [0.717, 1.165) is 0 Å². The number of hydrogen-bond donors (Lipinski definition) is 3. The van der Waals surface area contributed by atoms with Crippen molar-refractivity contribution in [1.29, 1.82) is 0 Å². The van der Waals surface area contributed by atoms with Crippen molar-refractivity contribution in [1.82, 2.24) is 5.32 Å². The lowest BCUT2D eigenvalue weighted by Crippen LogP contribution is -2.35. The van der Waals surface area contributed by atoms with E-state index in [9.17, 15) is 4.79 Å². The Bertz CT molecular complexity index is 151. The zero-order chi connectivity index (χ0) is 8.27. The molecule has 64 valence electrons. The molecular formula is C6H12N2O3. The molecule has 1 saturated heterocycles. The Morgan fingerprint density at radius 3 is 3.00 bits per heavy atom. The van der Waals surface area contributed by atoms with Crippen LogP contribution in [0.2, 0.25) is 0 Å². The van der Waals surface area contributed by atoms with E-state index < -0.39 is 6.09 Å². The van der Waals surface area contributed by atoms with Crippen LogP contribution < -0.4 is 11.1 Å². The van der Waals surface area contributed by atoms with Crippen LogP contribution >= 0.6 is 0 Å². The Balaban J connectivity index is 2.43. The molecule has 1 aliphatic rings. The van der Waals surface area contributed by atoms with E-state index in [1.807, 2.05) is 0 Å². The molecule has 0 radical (unpaired) electrons. The number of carbonyl (C=O) groups excluding carboxylic acids is 1. The SMILES string of the molecule is NCCC1OC(=O)NC1CO. The molecule has 0 spiro atoms. The number of nitrogens with two attached hydrogens (primary N) is 1. The summed E-state index contributed by atoms with van der Waals surface area (Å²) in [6, 6.07) is -0.286. The lowest BCUT2D eigenvalue weighted by Gasteiger charge is -2.12. The van der Waals surface area contributed by atoms with Crippen LogP contribution in [0.15, 0.2) is 0 Å². The minimum Gasteiger partial charge on any atom is -0.444 e. The second-order valence-electron chi connectivity index (χ2n) is 2.45. The summed E-state index contributed by atoms with van der Waals surface area (Å²) in [4.78, 5) is 10.6. The van der Waals surface area contributed by atoms with E-state index >= 15 is 0 Å². The molecule has 1 aliphatic heterocycles. The quantitative estimate of drug-likeness (QED) is 0.484. The van der Waals surface area contributed by atoms with Crippen molar-refractivity contribution >= 4 is 6.09 Å². The van der Waals surface area contributed by atoms with Crippen LogP contribution in [0.3, 0.4) is 0 Å². The molecule has 5 heteroatoms. The molecule has 0 aromatic heterocycles. The number of carbonyl (C=O) groups is 1. The Hall–Kier alpha value is -0.810. The first-order valence-electron chi connectivity index (χ1n) is 3.56. The number of nitrogens with one attached hydrogen (secondary N) is 1. The highest BCUT2D eigenvalue weighted by Crippen LogP contribution is 2.10. The predicted octanol–water partition coefficient (Wildman–Crippen LogP) is -1.20. The maximum atomic E-state index is 10.6. The van der Waals surface area contributed by atoms with Gasteiger partial charge in [-0.05, 0) is 13.0 Å². The third-order valence-corrected chi connectivity index (χ3v) is 1.66. The van der Waals surface area contributed by atoms with Gasteiger partial charge in [0.05, 0.1) is 12.6 Å².